The number of carboxylic acids is 1. The number of amides is 2. The maximum absolute atomic E-state index is 12.3. The van der Waals surface area contributed by atoms with E-state index < -0.39 is 11.9 Å². The second-order valence-electron chi connectivity index (χ2n) is 6.61. The highest BCUT2D eigenvalue weighted by Gasteiger charge is 2.29. The summed E-state index contributed by atoms with van der Waals surface area (Å²) in [6.45, 7) is 2.74. The van der Waals surface area contributed by atoms with Crippen LogP contribution in [0.3, 0.4) is 0 Å². The molecule has 2 fully saturated rings. The molecule has 0 aromatic carbocycles. The SMILES string of the molecule is C[C@@H](CC(=O)N1CCC[C@@H](C(=O)O)C1)NC(=O)C1CCCC1. The molecule has 124 valence electrons. The monoisotopic (exact) mass is 310 g/mol. The van der Waals surface area contributed by atoms with Crippen LogP contribution in [0.15, 0.2) is 0 Å². The summed E-state index contributed by atoms with van der Waals surface area (Å²) in [5.74, 6) is -1.20. The van der Waals surface area contributed by atoms with Crippen LogP contribution in [-0.2, 0) is 14.4 Å². The maximum Gasteiger partial charge on any atom is 0.308 e. The Morgan fingerprint density at radius 2 is 1.77 bits per heavy atom. The first-order chi connectivity index (χ1) is 10.5. The average molecular weight is 310 g/mol. The molecule has 1 heterocycles. The summed E-state index contributed by atoms with van der Waals surface area (Å²) in [5.41, 5.74) is 0. The first-order valence-electron chi connectivity index (χ1n) is 8.28. The molecule has 1 aliphatic heterocycles. The van der Waals surface area contributed by atoms with Gasteiger partial charge in [0.25, 0.3) is 0 Å². The van der Waals surface area contributed by atoms with Crippen LogP contribution in [0.5, 0.6) is 0 Å². The van der Waals surface area contributed by atoms with Gasteiger partial charge in [-0.1, -0.05) is 12.8 Å². The molecular weight excluding hydrogens is 284 g/mol. The Kier molecular flexibility index (Phi) is 5.80. The van der Waals surface area contributed by atoms with Crippen LogP contribution in [0.4, 0.5) is 0 Å². The Labute approximate surface area is 131 Å². The van der Waals surface area contributed by atoms with Crippen LogP contribution in [0.25, 0.3) is 0 Å². The predicted octanol–water partition coefficient (Wildman–Crippen LogP) is 1.39. The fourth-order valence-corrected chi connectivity index (χ4v) is 3.40. The van der Waals surface area contributed by atoms with E-state index in [1.807, 2.05) is 6.92 Å². The molecule has 1 saturated carbocycles. The largest absolute Gasteiger partial charge is 0.481 e. The Bertz CT molecular complexity index is 432. The van der Waals surface area contributed by atoms with Gasteiger partial charge in [0.2, 0.25) is 11.8 Å². The van der Waals surface area contributed by atoms with Gasteiger partial charge in [-0.15, -0.1) is 0 Å². The molecular formula is C16H26N2O4. The van der Waals surface area contributed by atoms with Crippen LogP contribution in [0.2, 0.25) is 0 Å². The lowest BCUT2D eigenvalue weighted by molar-refractivity contribution is -0.145. The number of hydrogen-bond donors (Lipinski definition) is 2. The molecule has 1 saturated heterocycles. The van der Waals surface area contributed by atoms with Crippen molar-refractivity contribution in [1.29, 1.82) is 0 Å². The van der Waals surface area contributed by atoms with Gasteiger partial charge in [-0.25, -0.2) is 0 Å². The third-order valence-corrected chi connectivity index (χ3v) is 4.72. The topological polar surface area (TPSA) is 86.7 Å². The minimum Gasteiger partial charge on any atom is -0.481 e. The van der Waals surface area contributed by atoms with Gasteiger partial charge >= 0.3 is 5.97 Å². The highest BCUT2D eigenvalue weighted by molar-refractivity contribution is 5.81. The van der Waals surface area contributed by atoms with E-state index >= 15 is 0 Å². The van der Waals surface area contributed by atoms with E-state index in [4.69, 9.17) is 5.11 Å². The summed E-state index contributed by atoms with van der Waals surface area (Å²) in [5, 5.41) is 12.0. The summed E-state index contributed by atoms with van der Waals surface area (Å²) in [6.07, 6.45) is 5.70. The Morgan fingerprint density at radius 1 is 1.14 bits per heavy atom. The van der Waals surface area contributed by atoms with Gasteiger partial charge in [0, 0.05) is 31.5 Å². The number of carbonyl (C=O) groups excluding carboxylic acids is 2. The molecule has 0 aromatic heterocycles. The molecule has 2 atom stereocenters. The molecule has 2 rings (SSSR count). The fraction of sp³-hybridized carbons (Fsp3) is 0.812. The van der Waals surface area contributed by atoms with Crippen LogP contribution in [0.1, 0.15) is 51.9 Å². The number of rotatable bonds is 5. The number of piperidine rings is 1. The van der Waals surface area contributed by atoms with Gasteiger partial charge in [0.15, 0.2) is 0 Å². The normalized spacial score (nSPS) is 24.0. The first kappa shape index (κ1) is 16.8. The van der Waals surface area contributed by atoms with E-state index in [9.17, 15) is 14.4 Å². The molecule has 0 radical (unpaired) electrons. The van der Waals surface area contributed by atoms with Crippen molar-refractivity contribution in [3.63, 3.8) is 0 Å². The van der Waals surface area contributed by atoms with E-state index in [1.165, 1.54) is 0 Å². The van der Waals surface area contributed by atoms with Crippen molar-refractivity contribution in [2.75, 3.05) is 13.1 Å². The molecule has 2 aliphatic rings. The molecule has 22 heavy (non-hydrogen) atoms. The number of likely N-dealkylation sites (tertiary alicyclic amines) is 1. The van der Waals surface area contributed by atoms with E-state index in [2.05, 4.69) is 5.32 Å². The van der Waals surface area contributed by atoms with Gasteiger partial charge in [0.1, 0.15) is 0 Å². The number of nitrogens with zero attached hydrogens (tertiary/aromatic N) is 1. The van der Waals surface area contributed by atoms with Crippen molar-refractivity contribution in [2.24, 2.45) is 11.8 Å². The minimum absolute atomic E-state index is 0.0554. The Balaban J connectivity index is 1.77. The smallest absolute Gasteiger partial charge is 0.308 e. The standard InChI is InChI=1S/C16H26N2O4/c1-11(17-15(20)12-5-2-3-6-12)9-14(19)18-8-4-7-13(10-18)16(21)22/h11-13H,2-10H2,1H3,(H,17,20)(H,21,22)/t11-,13+/m0/s1. The molecule has 0 bridgehead atoms. The number of hydrogen-bond acceptors (Lipinski definition) is 3. The molecule has 0 spiro atoms. The van der Waals surface area contributed by atoms with Crippen molar-refractivity contribution in [3.05, 3.63) is 0 Å². The second-order valence-corrected chi connectivity index (χ2v) is 6.61. The third-order valence-electron chi connectivity index (χ3n) is 4.72. The second kappa shape index (κ2) is 7.61. The quantitative estimate of drug-likeness (QED) is 0.803. The molecule has 6 heteroatoms. The Hall–Kier alpha value is -1.59. The lowest BCUT2D eigenvalue weighted by atomic mass is 9.97. The lowest BCUT2D eigenvalue weighted by Crippen LogP contribution is -2.45. The molecule has 0 unspecified atom stereocenters. The fourth-order valence-electron chi connectivity index (χ4n) is 3.40. The van der Waals surface area contributed by atoms with Crippen molar-refractivity contribution >= 4 is 17.8 Å². The molecule has 2 amide bonds. The van der Waals surface area contributed by atoms with Crippen LogP contribution < -0.4 is 5.32 Å². The molecule has 1 aliphatic carbocycles. The maximum atomic E-state index is 12.3. The highest BCUT2D eigenvalue weighted by Crippen LogP contribution is 2.25. The predicted molar refractivity (Wildman–Crippen MR) is 81.1 cm³/mol. The van der Waals surface area contributed by atoms with Gasteiger partial charge in [-0.05, 0) is 32.6 Å². The number of carbonyl (C=O) groups is 3. The third kappa shape index (κ3) is 4.45. The van der Waals surface area contributed by atoms with Crippen molar-refractivity contribution in [1.82, 2.24) is 10.2 Å². The molecule has 2 N–H and O–H groups in total. The van der Waals surface area contributed by atoms with Crippen molar-refractivity contribution < 1.29 is 19.5 Å². The van der Waals surface area contributed by atoms with Gasteiger partial charge in [0.05, 0.1) is 5.92 Å². The zero-order chi connectivity index (χ0) is 16.1. The average Bonchev–Trinajstić information content (AvgIpc) is 3.01. The summed E-state index contributed by atoms with van der Waals surface area (Å²) >= 11 is 0. The van der Waals surface area contributed by atoms with Crippen LogP contribution >= 0.6 is 0 Å². The van der Waals surface area contributed by atoms with Gasteiger partial charge in [-0.3, -0.25) is 14.4 Å². The van der Waals surface area contributed by atoms with Crippen molar-refractivity contribution in [2.45, 2.75) is 57.9 Å². The van der Waals surface area contributed by atoms with Crippen LogP contribution in [0, 0.1) is 11.8 Å². The zero-order valence-corrected chi connectivity index (χ0v) is 13.2. The summed E-state index contributed by atoms with van der Waals surface area (Å²) in [6, 6.07) is -0.203. The first-order valence-corrected chi connectivity index (χ1v) is 8.28. The lowest BCUT2D eigenvalue weighted by Gasteiger charge is -2.31. The number of carboxylic acid groups (broad SMARTS) is 1. The van der Waals surface area contributed by atoms with E-state index in [-0.39, 0.29) is 36.7 Å². The molecule has 0 aromatic rings. The van der Waals surface area contributed by atoms with E-state index in [0.29, 0.717) is 13.0 Å². The summed E-state index contributed by atoms with van der Waals surface area (Å²) in [7, 11) is 0. The molecule has 6 nitrogen and oxygen atoms in total. The van der Waals surface area contributed by atoms with E-state index in [0.717, 1.165) is 32.1 Å². The Morgan fingerprint density at radius 3 is 2.41 bits per heavy atom. The van der Waals surface area contributed by atoms with Gasteiger partial charge < -0.3 is 15.3 Å². The highest BCUT2D eigenvalue weighted by atomic mass is 16.4. The van der Waals surface area contributed by atoms with Crippen LogP contribution in [-0.4, -0.2) is 46.9 Å². The number of nitrogens with one attached hydrogen (secondary N) is 1. The summed E-state index contributed by atoms with van der Waals surface area (Å²) < 4.78 is 0. The van der Waals surface area contributed by atoms with Gasteiger partial charge in [-0.2, -0.15) is 0 Å². The zero-order valence-electron chi connectivity index (χ0n) is 13.2. The van der Waals surface area contributed by atoms with E-state index in [1.54, 1.807) is 4.90 Å². The minimum atomic E-state index is -0.833. The number of aliphatic carboxylic acids is 1. The van der Waals surface area contributed by atoms with Crippen molar-refractivity contribution in [3.8, 4) is 0 Å². The summed E-state index contributed by atoms with van der Waals surface area (Å²) in [4.78, 5) is 37.0.